The quantitative estimate of drug-likeness (QED) is 0.429. The Hall–Kier alpha value is -0.0500. The van der Waals surface area contributed by atoms with E-state index in [0.29, 0.717) is 24.3 Å². The molecule has 2 unspecified atom stereocenters. The number of rotatable bonds is 4. The van der Waals surface area contributed by atoms with Gasteiger partial charge in [-0.3, -0.25) is 4.99 Å². The fourth-order valence-electron chi connectivity index (χ4n) is 1.89. The minimum Gasteiger partial charge on any atom is -0.370 e. The van der Waals surface area contributed by atoms with Gasteiger partial charge >= 0.3 is 0 Å². The molecule has 0 radical (unpaired) electrons. The lowest BCUT2D eigenvalue weighted by molar-refractivity contribution is 0.492. The van der Waals surface area contributed by atoms with Gasteiger partial charge in [0.05, 0.1) is 11.5 Å². The summed E-state index contributed by atoms with van der Waals surface area (Å²) < 4.78 is 22.9. The molecule has 1 aliphatic rings. The average molecular weight is 389 g/mol. The van der Waals surface area contributed by atoms with Crippen molar-refractivity contribution in [3.05, 3.63) is 0 Å². The maximum Gasteiger partial charge on any atom is 0.188 e. The molecule has 7 heteroatoms. The smallest absolute Gasteiger partial charge is 0.188 e. The van der Waals surface area contributed by atoms with Gasteiger partial charge in [-0.25, -0.2) is 8.42 Å². The van der Waals surface area contributed by atoms with Crippen molar-refractivity contribution in [1.29, 1.82) is 0 Å². The molecule has 0 bridgehead atoms. The number of guanidine groups is 1. The molecule has 3 N–H and O–H groups in total. The molecule has 0 aliphatic carbocycles. The summed E-state index contributed by atoms with van der Waals surface area (Å²) in [5.74, 6) is 1.13. The molecule has 0 aromatic heterocycles. The van der Waals surface area contributed by atoms with Crippen LogP contribution in [0.4, 0.5) is 0 Å². The Bertz CT molecular complexity index is 370. The monoisotopic (exact) mass is 389 g/mol. The van der Waals surface area contributed by atoms with Crippen LogP contribution >= 0.6 is 24.0 Å². The third-order valence-electron chi connectivity index (χ3n) is 3.08. The van der Waals surface area contributed by atoms with Crippen LogP contribution in [-0.2, 0) is 9.84 Å². The van der Waals surface area contributed by atoms with E-state index in [4.69, 9.17) is 5.73 Å². The predicted octanol–water partition coefficient (Wildman–Crippen LogP) is 1.13. The normalized spacial score (nSPS) is 25.0. The van der Waals surface area contributed by atoms with Crippen molar-refractivity contribution in [2.24, 2.45) is 16.6 Å². The third-order valence-corrected chi connectivity index (χ3v) is 4.97. The summed E-state index contributed by atoms with van der Waals surface area (Å²) in [6.07, 6.45) is 2.66. The Morgan fingerprint density at radius 2 is 2.22 bits per heavy atom. The number of nitrogens with two attached hydrogens (primary N) is 1. The van der Waals surface area contributed by atoms with Crippen molar-refractivity contribution < 1.29 is 8.42 Å². The van der Waals surface area contributed by atoms with Gasteiger partial charge in [0.2, 0.25) is 0 Å². The van der Waals surface area contributed by atoms with Crippen molar-refractivity contribution in [3.8, 4) is 0 Å². The van der Waals surface area contributed by atoms with Gasteiger partial charge in [-0.2, -0.15) is 0 Å². The van der Waals surface area contributed by atoms with Gasteiger partial charge in [-0.05, 0) is 32.1 Å². The number of nitrogens with one attached hydrogen (secondary N) is 1. The zero-order valence-corrected chi connectivity index (χ0v) is 14.2. The SMILES string of the molecule is CCC(C)NC(N)=NCC1CCCS(=O)(=O)C1.I. The van der Waals surface area contributed by atoms with E-state index in [1.165, 1.54) is 0 Å². The van der Waals surface area contributed by atoms with E-state index >= 15 is 0 Å². The van der Waals surface area contributed by atoms with Crippen LogP contribution in [0.15, 0.2) is 4.99 Å². The van der Waals surface area contributed by atoms with E-state index in [1.807, 2.05) is 6.92 Å². The Morgan fingerprint density at radius 3 is 2.78 bits per heavy atom. The van der Waals surface area contributed by atoms with E-state index in [1.54, 1.807) is 0 Å². The van der Waals surface area contributed by atoms with E-state index in [0.717, 1.165) is 19.3 Å². The van der Waals surface area contributed by atoms with E-state index in [2.05, 4.69) is 17.2 Å². The van der Waals surface area contributed by atoms with Crippen LogP contribution < -0.4 is 11.1 Å². The molecule has 0 spiro atoms. The molecular weight excluding hydrogens is 365 g/mol. The Kier molecular flexibility index (Phi) is 8.16. The van der Waals surface area contributed by atoms with Gasteiger partial charge in [0.15, 0.2) is 15.8 Å². The summed E-state index contributed by atoms with van der Waals surface area (Å²) in [6.45, 7) is 4.61. The number of hydrogen-bond acceptors (Lipinski definition) is 3. The predicted molar refractivity (Wildman–Crippen MR) is 86.2 cm³/mol. The Balaban J connectivity index is 0.00000289. The highest BCUT2D eigenvalue weighted by Gasteiger charge is 2.24. The molecule has 0 saturated carbocycles. The maximum absolute atomic E-state index is 11.4. The summed E-state index contributed by atoms with van der Waals surface area (Å²) in [5, 5.41) is 3.07. The highest BCUT2D eigenvalue weighted by atomic mass is 127. The third kappa shape index (κ3) is 6.77. The lowest BCUT2D eigenvalue weighted by Gasteiger charge is -2.20. The topological polar surface area (TPSA) is 84.5 Å². The van der Waals surface area contributed by atoms with Crippen LogP contribution in [0.25, 0.3) is 0 Å². The van der Waals surface area contributed by atoms with Crippen molar-refractivity contribution in [1.82, 2.24) is 5.32 Å². The number of sulfone groups is 1. The number of halogens is 1. The van der Waals surface area contributed by atoms with Crippen molar-refractivity contribution in [2.75, 3.05) is 18.1 Å². The van der Waals surface area contributed by atoms with Gasteiger partial charge in [-0.15, -0.1) is 24.0 Å². The average Bonchev–Trinajstić information content (AvgIpc) is 2.25. The van der Waals surface area contributed by atoms with Crippen LogP contribution in [0.2, 0.25) is 0 Å². The summed E-state index contributed by atoms with van der Waals surface area (Å²) in [5.41, 5.74) is 5.72. The minimum absolute atomic E-state index is 0. The summed E-state index contributed by atoms with van der Waals surface area (Å²) in [7, 11) is -2.84. The summed E-state index contributed by atoms with van der Waals surface area (Å²) in [6, 6.07) is 0.300. The first kappa shape index (κ1) is 17.9. The largest absolute Gasteiger partial charge is 0.370 e. The first-order valence-electron chi connectivity index (χ1n) is 6.20. The zero-order chi connectivity index (χ0) is 12.9. The molecule has 1 heterocycles. The van der Waals surface area contributed by atoms with Gasteiger partial charge in [0.1, 0.15) is 0 Å². The molecule has 0 aromatic rings. The summed E-state index contributed by atoms with van der Waals surface area (Å²) in [4.78, 5) is 4.22. The molecule has 1 aliphatic heterocycles. The number of nitrogens with zero attached hydrogens (tertiary/aromatic N) is 1. The van der Waals surface area contributed by atoms with Crippen LogP contribution in [-0.4, -0.2) is 38.5 Å². The molecule has 0 aromatic carbocycles. The van der Waals surface area contributed by atoms with Crippen LogP contribution in [0, 0.1) is 5.92 Å². The molecule has 2 atom stereocenters. The standard InChI is InChI=1S/C11H23N3O2S.HI/c1-3-9(2)14-11(12)13-7-10-5-4-6-17(15,16)8-10;/h9-10H,3-8H2,1-2H3,(H3,12,13,14);1H. The van der Waals surface area contributed by atoms with Crippen LogP contribution in [0.1, 0.15) is 33.1 Å². The van der Waals surface area contributed by atoms with Gasteiger partial charge < -0.3 is 11.1 Å². The van der Waals surface area contributed by atoms with Crippen LogP contribution in [0.3, 0.4) is 0 Å². The van der Waals surface area contributed by atoms with Crippen molar-refractivity contribution in [2.45, 2.75) is 39.2 Å². The first-order chi connectivity index (χ1) is 7.93. The Labute approximate surface area is 127 Å². The molecule has 5 nitrogen and oxygen atoms in total. The Morgan fingerprint density at radius 1 is 1.56 bits per heavy atom. The second-order valence-corrected chi connectivity index (χ2v) is 7.03. The molecule has 1 saturated heterocycles. The van der Waals surface area contributed by atoms with E-state index < -0.39 is 9.84 Å². The highest BCUT2D eigenvalue weighted by Crippen LogP contribution is 2.18. The minimum atomic E-state index is -2.84. The molecule has 1 fully saturated rings. The van der Waals surface area contributed by atoms with Crippen molar-refractivity contribution in [3.63, 3.8) is 0 Å². The van der Waals surface area contributed by atoms with Gasteiger partial charge in [-0.1, -0.05) is 6.92 Å². The van der Waals surface area contributed by atoms with Gasteiger partial charge in [0, 0.05) is 12.6 Å². The lowest BCUT2D eigenvalue weighted by atomic mass is 10.1. The lowest BCUT2D eigenvalue weighted by Crippen LogP contribution is -2.38. The number of aliphatic imine (C=N–C) groups is 1. The van der Waals surface area contributed by atoms with E-state index in [-0.39, 0.29) is 35.6 Å². The zero-order valence-electron chi connectivity index (χ0n) is 11.1. The van der Waals surface area contributed by atoms with Crippen LogP contribution in [0.5, 0.6) is 0 Å². The fourth-order valence-corrected chi connectivity index (χ4v) is 3.65. The molecular formula is C11H24IN3O2S. The second kappa shape index (κ2) is 8.19. The molecule has 1 rings (SSSR count). The molecule has 108 valence electrons. The number of hydrogen-bond donors (Lipinski definition) is 2. The molecule has 0 amide bonds. The van der Waals surface area contributed by atoms with Gasteiger partial charge in [0.25, 0.3) is 0 Å². The second-order valence-electron chi connectivity index (χ2n) is 4.80. The summed E-state index contributed by atoms with van der Waals surface area (Å²) >= 11 is 0. The fraction of sp³-hybridized carbons (Fsp3) is 0.909. The van der Waals surface area contributed by atoms with Crippen molar-refractivity contribution >= 4 is 39.8 Å². The maximum atomic E-state index is 11.4. The highest BCUT2D eigenvalue weighted by molar-refractivity contribution is 14.0. The molecule has 18 heavy (non-hydrogen) atoms. The van der Waals surface area contributed by atoms with E-state index in [9.17, 15) is 8.42 Å². The first-order valence-corrected chi connectivity index (χ1v) is 8.02.